The average Bonchev–Trinajstić information content (AvgIpc) is 2.63. The number of hydrazone groups is 1. The third-order valence-electron chi connectivity index (χ3n) is 3.96. The molecule has 134 valence electrons. The van der Waals surface area contributed by atoms with E-state index < -0.39 is 0 Å². The summed E-state index contributed by atoms with van der Waals surface area (Å²) in [7, 11) is 0. The van der Waals surface area contributed by atoms with E-state index in [4.69, 9.17) is 0 Å². The van der Waals surface area contributed by atoms with Crippen molar-refractivity contribution in [2.24, 2.45) is 10.1 Å². The van der Waals surface area contributed by atoms with E-state index in [2.05, 4.69) is 46.8 Å². The van der Waals surface area contributed by atoms with Gasteiger partial charge in [-0.1, -0.05) is 49.9 Å². The number of amides is 1. The lowest BCUT2D eigenvalue weighted by Gasteiger charge is -2.15. The normalized spacial score (nSPS) is 15.5. The zero-order valence-electron chi connectivity index (χ0n) is 15.1. The Labute approximate surface area is 158 Å². The first-order valence-corrected chi connectivity index (χ1v) is 9.52. The Morgan fingerprint density at radius 3 is 2.38 bits per heavy atom. The van der Waals surface area contributed by atoms with Gasteiger partial charge in [-0.3, -0.25) is 10.2 Å². The lowest BCUT2D eigenvalue weighted by atomic mass is 10.0. The summed E-state index contributed by atoms with van der Waals surface area (Å²) in [4.78, 5) is 15.7. The van der Waals surface area contributed by atoms with Gasteiger partial charge < -0.3 is 5.32 Å². The largest absolute Gasteiger partial charge is 0.326 e. The Hall–Kier alpha value is -2.60. The highest BCUT2D eigenvalue weighted by Crippen LogP contribution is 2.22. The minimum atomic E-state index is -0.0766. The molecule has 1 aliphatic rings. The predicted molar refractivity (Wildman–Crippen MR) is 111 cm³/mol. The number of hydrogen-bond donors (Lipinski definition) is 2. The maximum Gasteiger partial charge on any atom is 0.221 e. The maximum atomic E-state index is 11.1. The highest BCUT2D eigenvalue weighted by Gasteiger charge is 2.13. The molecule has 1 amide bonds. The molecule has 0 aliphatic carbocycles. The number of anilines is 1. The third-order valence-corrected chi connectivity index (χ3v) is 4.83. The fourth-order valence-corrected chi connectivity index (χ4v) is 3.31. The topological polar surface area (TPSA) is 65.8 Å². The van der Waals surface area contributed by atoms with Crippen molar-refractivity contribution >= 4 is 39.9 Å². The fourth-order valence-electron chi connectivity index (χ4n) is 2.52. The van der Waals surface area contributed by atoms with Crippen LogP contribution < -0.4 is 10.7 Å². The molecule has 26 heavy (non-hydrogen) atoms. The van der Waals surface area contributed by atoms with E-state index >= 15 is 0 Å². The number of hydrogen-bond acceptors (Lipinski definition) is 4. The molecule has 0 bridgehead atoms. The molecule has 0 spiro atoms. The Morgan fingerprint density at radius 1 is 1.15 bits per heavy atom. The van der Waals surface area contributed by atoms with Crippen LogP contribution in [-0.2, 0) is 4.79 Å². The smallest absolute Gasteiger partial charge is 0.221 e. The summed E-state index contributed by atoms with van der Waals surface area (Å²) < 4.78 is 0. The molecule has 2 aromatic rings. The molecule has 0 unspecified atom stereocenters. The first-order valence-electron chi connectivity index (χ1n) is 8.53. The predicted octanol–water partition coefficient (Wildman–Crippen LogP) is 4.50. The van der Waals surface area contributed by atoms with Crippen LogP contribution in [-0.4, -0.2) is 22.5 Å². The first-order chi connectivity index (χ1) is 12.5. The van der Waals surface area contributed by atoms with Gasteiger partial charge in [-0.05, 0) is 41.3 Å². The summed E-state index contributed by atoms with van der Waals surface area (Å²) in [5, 5.41) is 8.00. The molecule has 5 nitrogen and oxygen atoms in total. The lowest BCUT2D eigenvalue weighted by Crippen LogP contribution is -2.25. The third kappa shape index (κ3) is 4.73. The molecule has 0 fully saturated rings. The van der Waals surface area contributed by atoms with E-state index in [9.17, 15) is 4.79 Å². The van der Waals surface area contributed by atoms with Gasteiger partial charge in [0.15, 0.2) is 5.17 Å². The zero-order chi connectivity index (χ0) is 18.5. The van der Waals surface area contributed by atoms with E-state index in [1.807, 2.05) is 36.4 Å². The van der Waals surface area contributed by atoms with Crippen LogP contribution in [0.15, 0.2) is 58.6 Å². The first kappa shape index (κ1) is 18.2. The number of nitrogens with one attached hydrogen (secondary N) is 2. The molecule has 0 atom stereocenters. The standard InChI is InChI=1S/C20H22N4OS/c1-13(2)15-4-8-18(9-5-15)22-20-24-23-19(12-26-20)16-6-10-17(11-7-16)21-14(3)25/h4-11,13H,12H2,1-3H3,(H,21,25)(H,22,24). The van der Waals surface area contributed by atoms with Crippen molar-refractivity contribution in [1.82, 2.24) is 5.43 Å². The Bertz CT molecular complexity index is 839. The number of carbonyl (C=O) groups is 1. The number of amidine groups is 1. The van der Waals surface area contributed by atoms with Gasteiger partial charge in [0.25, 0.3) is 0 Å². The summed E-state index contributed by atoms with van der Waals surface area (Å²) in [5.41, 5.74) is 8.02. The quantitative estimate of drug-likeness (QED) is 0.837. The Balaban J connectivity index is 1.66. The van der Waals surface area contributed by atoms with Crippen molar-refractivity contribution in [3.8, 4) is 0 Å². The number of aliphatic imine (C=N–C) groups is 1. The number of thioether (sulfide) groups is 1. The number of carbonyl (C=O) groups excluding carboxylic acids is 1. The lowest BCUT2D eigenvalue weighted by molar-refractivity contribution is -0.114. The van der Waals surface area contributed by atoms with Crippen LogP contribution in [0.3, 0.4) is 0 Å². The van der Waals surface area contributed by atoms with Crippen LogP contribution in [0.5, 0.6) is 0 Å². The molecular weight excluding hydrogens is 344 g/mol. The van der Waals surface area contributed by atoms with Crippen molar-refractivity contribution in [2.75, 3.05) is 11.1 Å². The second-order valence-corrected chi connectivity index (χ2v) is 7.34. The van der Waals surface area contributed by atoms with Crippen molar-refractivity contribution < 1.29 is 4.79 Å². The van der Waals surface area contributed by atoms with Gasteiger partial charge in [0.1, 0.15) is 0 Å². The summed E-state index contributed by atoms with van der Waals surface area (Å²) in [5.74, 6) is 1.19. The second-order valence-electron chi connectivity index (χ2n) is 6.38. The maximum absolute atomic E-state index is 11.1. The van der Waals surface area contributed by atoms with Crippen molar-refractivity contribution in [3.05, 3.63) is 59.7 Å². The molecule has 2 aromatic carbocycles. The van der Waals surface area contributed by atoms with E-state index in [1.54, 1.807) is 11.8 Å². The summed E-state index contributed by atoms with van der Waals surface area (Å²) in [6.07, 6.45) is 0. The molecular formula is C20H22N4OS. The minimum Gasteiger partial charge on any atom is -0.326 e. The molecule has 6 heteroatoms. The van der Waals surface area contributed by atoms with Crippen LogP contribution in [0.4, 0.5) is 11.4 Å². The molecule has 2 N–H and O–H groups in total. The molecule has 0 saturated carbocycles. The number of benzene rings is 2. The van der Waals surface area contributed by atoms with E-state index in [-0.39, 0.29) is 5.91 Å². The van der Waals surface area contributed by atoms with Gasteiger partial charge in [0, 0.05) is 18.4 Å². The van der Waals surface area contributed by atoms with E-state index in [0.717, 1.165) is 33.6 Å². The van der Waals surface area contributed by atoms with E-state index in [1.165, 1.54) is 12.5 Å². The summed E-state index contributed by atoms with van der Waals surface area (Å²) in [6.45, 7) is 5.85. The average molecular weight is 366 g/mol. The Morgan fingerprint density at radius 2 is 1.85 bits per heavy atom. The highest BCUT2D eigenvalue weighted by molar-refractivity contribution is 8.14. The monoisotopic (exact) mass is 366 g/mol. The van der Waals surface area contributed by atoms with Gasteiger partial charge in [0.2, 0.25) is 5.91 Å². The molecule has 0 saturated heterocycles. The van der Waals surface area contributed by atoms with Crippen molar-refractivity contribution in [1.29, 1.82) is 0 Å². The van der Waals surface area contributed by atoms with Gasteiger partial charge in [-0.15, -0.1) is 0 Å². The van der Waals surface area contributed by atoms with Gasteiger partial charge >= 0.3 is 0 Å². The SMILES string of the molecule is CC(=O)Nc1ccc(C2=NNC(=Nc3ccc(C(C)C)cc3)SC2)cc1. The summed E-state index contributed by atoms with van der Waals surface area (Å²) >= 11 is 1.62. The molecule has 1 heterocycles. The minimum absolute atomic E-state index is 0.0766. The number of rotatable bonds is 4. The van der Waals surface area contributed by atoms with Crippen molar-refractivity contribution in [2.45, 2.75) is 26.7 Å². The van der Waals surface area contributed by atoms with Gasteiger partial charge in [-0.25, -0.2) is 4.99 Å². The van der Waals surface area contributed by atoms with Crippen LogP contribution >= 0.6 is 11.8 Å². The van der Waals surface area contributed by atoms with Gasteiger partial charge in [0.05, 0.1) is 11.4 Å². The number of nitrogens with zero attached hydrogens (tertiary/aromatic N) is 2. The molecule has 3 rings (SSSR count). The second kappa shape index (κ2) is 8.19. The molecule has 1 aliphatic heterocycles. The summed E-state index contributed by atoms with van der Waals surface area (Å²) in [6, 6.07) is 16.0. The van der Waals surface area contributed by atoms with Crippen LogP contribution in [0.2, 0.25) is 0 Å². The Kier molecular flexibility index (Phi) is 5.73. The van der Waals surface area contributed by atoms with E-state index in [0.29, 0.717) is 5.92 Å². The zero-order valence-corrected chi connectivity index (χ0v) is 15.9. The molecule has 0 radical (unpaired) electrons. The molecule has 0 aromatic heterocycles. The van der Waals surface area contributed by atoms with Crippen LogP contribution in [0.25, 0.3) is 0 Å². The fraction of sp³-hybridized carbons (Fsp3) is 0.250. The van der Waals surface area contributed by atoms with Crippen LogP contribution in [0.1, 0.15) is 37.8 Å². The van der Waals surface area contributed by atoms with Gasteiger partial charge in [-0.2, -0.15) is 5.10 Å². The highest BCUT2D eigenvalue weighted by atomic mass is 32.2. The van der Waals surface area contributed by atoms with Crippen molar-refractivity contribution in [3.63, 3.8) is 0 Å². The van der Waals surface area contributed by atoms with Crippen LogP contribution in [0, 0.1) is 0 Å².